The van der Waals surface area contributed by atoms with Gasteiger partial charge in [-0.2, -0.15) is 0 Å². The fraction of sp³-hybridized carbons (Fsp3) is 0.105. The molecule has 3 aromatic heterocycles. The summed E-state index contributed by atoms with van der Waals surface area (Å²) in [7, 11) is 0. The molecule has 0 fully saturated rings. The number of rotatable bonds is 5. The Morgan fingerprint density at radius 3 is 2.68 bits per heavy atom. The molecule has 0 N–H and O–H groups in total. The van der Waals surface area contributed by atoms with Gasteiger partial charge in [0.1, 0.15) is 5.76 Å². The van der Waals surface area contributed by atoms with Crippen LogP contribution in [0.5, 0.6) is 0 Å². The molecule has 0 atom stereocenters. The van der Waals surface area contributed by atoms with Gasteiger partial charge in [0.25, 0.3) is 5.56 Å². The minimum absolute atomic E-state index is 0.0563. The third-order valence-electron chi connectivity index (χ3n) is 3.84. The summed E-state index contributed by atoms with van der Waals surface area (Å²) in [5.74, 6) is 1.44. The molecular formula is C19H15N3O2S. The Balaban J connectivity index is 1.76. The summed E-state index contributed by atoms with van der Waals surface area (Å²) < 4.78 is 7.09. The van der Waals surface area contributed by atoms with Crippen molar-refractivity contribution >= 4 is 22.7 Å². The molecule has 4 rings (SSSR count). The number of nitrogens with zero attached hydrogens (tertiary/aromatic N) is 3. The molecule has 0 amide bonds. The van der Waals surface area contributed by atoms with E-state index in [9.17, 15) is 4.79 Å². The monoisotopic (exact) mass is 349 g/mol. The van der Waals surface area contributed by atoms with Crippen molar-refractivity contribution in [3.8, 4) is 0 Å². The molecule has 0 radical (unpaired) electrons. The van der Waals surface area contributed by atoms with Gasteiger partial charge in [-0.1, -0.05) is 23.9 Å². The molecule has 0 saturated carbocycles. The number of para-hydroxylation sites is 1. The zero-order valence-electron chi connectivity index (χ0n) is 13.3. The summed E-state index contributed by atoms with van der Waals surface area (Å²) in [6.45, 7) is 0.363. The molecule has 25 heavy (non-hydrogen) atoms. The first-order valence-electron chi connectivity index (χ1n) is 7.85. The van der Waals surface area contributed by atoms with Gasteiger partial charge in [0.15, 0.2) is 5.16 Å². The number of benzene rings is 1. The molecule has 124 valence electrons. The minimum Gasteiger partial charge on any atom is -0.467 e. The molecule has 6 heteroatoms. The predicted octanol–water partition coefficient (Wildman–Crippen LogP) is 3.73. The number of furan rings is 1. The van der Waals surface area contributed by atoms with Crippen LogP contribution in [0.3, 0.4) is 0 Å². The van der Waals surface area contributed by atoms with Crippen molar-refractivity contribution in [1.82, 2.24) is 14.5 Å². The lowest BCUT2D eigenvalue weighted by molar-refractivity contribution is 0.476. The first-order valence-corrected chi connectivity index (χ1v) is 8.83. The molecule has 1 aromatic carbocycles. The van der Waals surface area contributed by atoms with E-state index in [0.29, 0.717) is 28.4 Å². The van der Waals surface area contributed by atoms with E-state index in [1.54, 1.807) is 29.3 Å². The van der Waals surface area contributed by atoms with E-state index in [1.165, 1.54) is 11.8 Å². The summed E-state index contributed by atoms with van der Waals surface area (Å²) >= 11 is 1.53. The van der Waals surface area contributed by atoms with Crippen LogP contribution in [-0.2, 0) is 12.3 Å². The Morgan fingerprint density at radius 2 is 1.88 bits per heavy atom. The number of pyridine rings is 1. The lowest BCUT2D eigenvalue weighted by atomic mass is 10.2. The maximum Gasteiger partial charge on any atom is 0.262 e. The lowest BCUT2D eigenvalue weighted by Crippen LogP contribution is -2.23. The highest BCUT2D eigenvalue weighted by atomic mass is 32.2. The SMILES string of the molecule is O=c1c2ccccc2nc(SCc2ccncc2)n1Cc1ccco1. The Hall–Kier alpha value is -2.86. The van der Waals surface area contributed by atoms with Gasteiger partial charge in [-0.25, -0.2) is 4.98 Å². The molecular weight excluding hydrogens is 334 g/mol. The predicted molar refractivity (Wildman–Crippen MR) is 97.6 cm³/mol. The van der Waals surface area contributed by atoms with Crippen molar-refractivity contribution in [1.29, 1.82) is 0 Å². The number of thioether (sulfide) groups is 1. The zero-order valence-corrected chi connectivity index (χ0v) is 14.1. The summed E-state index contributed by atoms with van der Waals surface area (Å²) in [5.41, 5.74) is 1.78. The van der Waals surface area contributed by atoms with Crippen molar-refractivity contribution in [2.75, 3.05) is 0 Å². The number of fused-ring (bicyclic) bond motifs is 1. The molecule has 0 bridgehead atoms. The average Bonchev–Trinajstić information content (AvgIpc) is 3.17. The first kappa shape index (κ1) is 15.7. The van der Waals surface area contributed by atoms with E-state index < -0.39 is 0 Å². The summed E-state index contributed by atoms with van der Waals surface area (Å²) in [6.07, 6.45) is 5.14. The number of hydrogen-bond acceptors (Lipinski definition) is 5. The Labute approximate surface area is 148 Å². The van der Waals surface area contributed by atoms with E-state index in [-0.39, 0.29) is 5.56 Å². The van der Waals surface area contributed by atoms with Crippen LogP contribution >= 0.6 is 11.8 Å². The standard InChI is InChI=1S/C19H15N3O2S/c23-18-16-5-1-2-6-17(16)21-19(22(18)12-15-4-3-11-24-15)25-13-14-7-9-20-10-8-14/h1-11H,12-13H2. The van der Waals surface area contributed by atoms with Gasteiger partial charge in [-0.05, 0) is 42.0 Å². The average molecular weight is 349 g/mol. The first-order chi connectivity index (χ1) is 12.3. The fourth-order valence-electron chi connectivity index (χ4n) is 2.58. The molecule has 0 aliphatic heterocycles. The largest absolute Gasteiger partial charge is 0.467 e. The molecule has 4 aromatic rings. The second kappa shape index (κ2) is 6.94. The molecule has 0 spiro atoms. The molecule has 0 unspecified atom stereocenters. The van der Waals surface area contributed by atoms with Crippen molar-refractivity contribution in [3.05, 3.63) is 88.9 Å². The van der Waals surface area contributed by atoms with E-state index >= 15 is 0 Å². The van der Waals surface area contributed by atoms with Crippen LogP contribution < -0.4 is 5.56 Å². The van der Waals surface area contributed by atoms with Crippen LogP contribution in [0.4, 0.5) is 0 Å². The van der Waals surface area contributed by atoms with E-state index in [4.69, 9.17) is 9.40 Å². The van der Waals surface area contributed by atoms with Gasteiger partial charge in [0.2, 0.25) is 0 Å². The van der Waals surface area contributed by atoms with Crippen LogP contribution in [0.25, 0.3) is 10.9 Å². The minimum atomic E-state index is -0.0563. The Bertz CT molecular complexity index is 1040. The Kier molecular flexibility index (Phi) is 4.35. The topological polar surface area (TPSA) is 60.9 Å². The number of hydrogen-bond donors (Lipinski definition) is 0. The maximum atomic E-state index is 12.9. The smallest absolute Gasteiger partial charge is 0.262 e. The van der Waals surface area contributed by atoms with Gasteiger partial charge in [-0.15, -0.1) is 0 Å². The molecule has 0 saturated heterocycles. The normalized spacial score (nSPS) is 11.0. The third-order valence-corrected chi connectivity index (χ3v) is 4.89. The highest BCUT2D eigenvalue weighted by molar-refractivity contribution is 7.98. The Morgan fingerprint density at radius 1 is 1.04 bits per heavy atom. The highest BCUT2D eigenvalue weighted by Crippen LogP contribution is 2.22. The van der Waals surface area contributed by atoms with Gasteiger partial charge < -0.3 is 4.42 Å². The van der Waals surface area contributed by atoms with Crippen molar-refractivity contribution in [2.24, 2.45) is 0 Å². The van der Waals surface area contributed by atoms with Gasteiger partial charge in [0, 0.05) is 18.1 Å². The van der Waals surface area contributed by atoms with E-state index in [1.807, 2.05) is 42.5 Å². The second-order valence-electron chi connectivity index (χ2n) is 5.53. The zero-order chi connectivity index (χ0) is 17.1. The van der Waals surface area contributed by atoms with Crippen LogP contribution in [0.2, 0.25) is 0 Å². The number of aromatic nitrogens is 3. The van der Waals surface area contributed by atoms with Crippen LogP contribution in [0.15, 0.2) is 81.6 Å². The fourth-order valence-corrected chi connectivity index (χ4v) is 3.54. The summed E-state index contributed by atoms with van der Waals surface area (Å²) in [4.78, 5) is 21.7. The van der Waals surface area contributed by atoms with Crippen molar-refractivity contribution in [3.63, 3.8) is 0 Å². The van der Waals surface area contributed by atoms with Gasteiger partial charge in [0.05, 0.1) is 23.7 Å². The second-order valence-corrected chi connectivity index (χ2v) is 6.47. The summed E-state index contributed by atoms with van der Waals surface area (Å²) in [5, 5.41) is 1.29. The molecule has 3 heterocycles. The molecule has 0 aliphatic carbocycles. The van der Waals surface area contributed by atoms with Crippen molar-refractivity contribution in [2.45, 2.75) is 17.5 Å². The summed E-state index contributed by atoms with van der Waals surface area (Å²) in [6, 6.07) is 15.0. The van der Waals surface area contributed by atoms with E-state index in [0.717, 1.165) is 11.3 Å². The highest BCUT2D eigenvalue weighted by Gasteiger charge is 2.13. The van der Waals surface area contributed by atoms with Gasteiger partial charge in [-0.3, -0.25) is 14.3 Å². The van der Waals surface area contributed by atoms with Gasteiger partial charge >= 0.3 is 0 Å². The van der Waals surface area contributed by atoms with E-state index in [2.05, 4.69) is 4.98 Å². The molecule has 5 nitrogen and oxygen atoms in total. The molecule has 0 aliphatic rings. The quantitative estimate of drug-likeness (QED) is 0.406. The maximum absolute atomic E-state index is 12.9. The van der Waals surface area contributed by atoms with Crippen molar-refractivity contribution < 1.29 is 4.42 Å². The van der Waals surface area contributed by atoms with Crippen LogP contribution in [-0.4, -0.2) is 14.5 Å². The van der Waals surface area contributed by atoms with Crippen LogP contribution in [0.1, 0.15) is 11.3 Å². The third kappa shape index (κ3) is 3.34. The lowest BCUT2D eigenvalue weighted by Gasteiger charge is -2.12. The van der Waals surface area contributed by atoms with Crippen LogP contribution in [0, 0.1) is 0 Å².